The topological polar surface area (TPSA) is 46.5 Å². The van der Waals surface area contributed by atoms with Crippen molar-refractivity contribution in [1.29, 1.82) is 0 Å². The number of fused-ring (bicyclic) bond motifs is 2. The van der Waals surface area contributed by atoms with Gasteiger partial charge in [0.15, 0.2) is 0 Å². The second-order valence-electron chi connectivity index (χ2n) is 4.79. The molecular formula is C13H14O3. The number of hydrogen-bond donors (Lipinski definition) is 1. The summed E-state index contributed by atoms with van der Waals surface area (Å²) >= 11 is 0. The molecule has 0 bridgehead atoms. The Morgan fingerprint density at radius 1 is 1.31 bits per heavy atom. The van der Waals surface area contributed by atoms with Crippen molar-refractivity contribution in [3.8, 4) is 5.75 Å². The second-order valence-corrected chi connectivity index (χ2v) is 4.79. The van der Waals surface area contributed by atoms with Gasteiger partial charge in [-0.3, -0.25) is 0 Å². The lowest BCUT2D eigenvalue weighted by molar-refractivity contribution is 0.0696. The van der Waals surface area contributed by atoms with Crippen molar-refractivity contribution in [3.63, 3.8) is 0 Å². The van der Waals surface area contributed by atoms with Gasteiger partial charge >= 0.3 is 5.97 Å². The molecule has 0 saturated heterocycles. The molecule has 3 heteroatoms. The summed E-state index contributed by atoms with van der Waals surface area (Å²) in [4.78, 5) is 11.0. The molecule has 0 aromatic heterocycles. The van der Waals surface area contributed by atoms with Crippen molar-refractivity contribution in [3.05, 3.63) is 29.3 Å². The minimum atomic E-state index is -0.858. The van der Waals surface area contributed by atoms with Crippen LogP contribution in [0.25, 0.3) is 0 Å². The average molecular weight is 218 g/mol. The van der Waals surface area contributed by atoms with Gasteiger partial charge in [0.1, 0.15) is 5.75 Å². The van der Waals surface area contributed by atoms with E-state index in [0.717, 1.165) is 30.8 Å². The maximum atomic E-state index is 11.0. The summed E-state index contributed by atoms with van der Waals surface area (Å²) in [6, 6.07) is 5.22. The zero-order valence-electron chi connectivity index (χ0n) is 9.03. The first-order chi connectivity index (χ1) is 7.71. The lowest BCUT2D eigenvalue weighted by Crippen LogP contribution is -2.23. The first-order valence-corrected chi connectivity index (χ1v) is 5.72. The van der Waals surface area contributed by atoms with Gasteiger partial charge in [-0.1, -0.05) is 12.8 Å². The summed E-state index contributed by atoms with van der Waals surface area (Å²) < 4.78 is 5.68. The van der Waals surface area contributed by atoms with E-state index in [-0.39, 0.29) is 5.41 Å². The number of rotatable bonds is 1. The predicted molar refractivity (Wildman–Crippen MR) is 59.0 cm³/mol. The normalized spacial score (nSPS) is 20.8. The Morgan fingerprint density at radius 3 is 2.75 bits per heavy atom. The van der Waals surface area contributed by atoms with Crippen LogP contribution in [-0.4, -0.2) is 17.7 Å². The minimum absolute atomic E-state index is 0.112. The van der Waals surface area contributed by atoms with E-state index in [1.807, 2.05) is 0 Å². The summed E-state index contributed by atoms with van der Waals surface area (Å²) in [5.41, 5.74) is 1.60. The van der Waals surface area contributed by atoms with Gasteiger partial charge in [-0.05, 0) is 31.0 Å². The van der Waals surface area contributed by atoms with E-state index in [0.29, 0.717) is 5.56 Å². The lowest BCUT2D eigenvalue weighted by Gasteiger charge is -2.20. The minimum Gasteiger partial charge on any atom is -0.492 e. The number of ether oxygens (including phenoxy) is 1. The zero-order valence-corrected chi connectivity index (χ0v) is 9.03. The van der Waals surface area contributed by atoms with Crippen LogP contribution in [0.2, 0.25) is 0 Å². The molecule has 1 aliphatic heterocycles. The fourth-order valence-corrected chi connectivity index (χ4v) is 2.96. The molecule has 1 spiro atoms. The van der Waals surface area contributed by atoms with Crippen molar-refractivity contribution in [2.75, 3.05) is 6.61 Å². The van der Waals surface area contributed by atoms with Gasteiger partial charge in [0.25, 0.3) is 0 Å². The van der Waals surface area contributed by atoms with Crippen LogP contribution in [-0.2, 0) is 5.41 Å². The Labute approximate surface area is 94.0 Å². The Hall–Kier alpha value is -1.51. The van der Waals surface area contributed by atoms with E-state index in [2.05, 4.69) is 0 Å². The van der Waals surface area contributed by atoms with E-state index >= 15 is 0 Å². The maximum absolute atomic E-state index is 11.0. The van der Waals surface area contributed by atoms with Gasteiger partial charge in [0, 0.05) is 11.0 Å². The third kappa shape index (κ3) is 1.24. The number of carboxylic acids is 1. The summed E-state index contributed by atoms with van der Waals surface area (Å²) in [7, 11) is 0. The molecule has 1 fully saturated rings. The molecule has 1 N–H and O–H groups in total. The van der Waals surface area contributed by atoms with Crippen molar-refractivity contribution in [1.82, 2.24) is 0 Å². The highest BCUT2D eigenvalue weighted by Gasteiger charge is 2.43. The summed E-state index contributed by atoms with van der Waals surface area (Å²) in [5, 5.41) is 9.01. The van der Waals surface area contributed by atoms with E-state index in [9.17, 15) is 4.79 Å². The van der Waals surface area contributed by atoms with Crippen molar-refractivity contribution >= 4 is 5.97 Å². The lowest BCUT2D eigenvalue weighted by atomic mass is 9.80. The first-order valence-electron chi connectivity index (χ1n) is 5.72. The fourth-order valence-electron chi connectivity index (χ4n) is 2.96. The molecule has 0 radical (unpaired) electrons. The van der Waals surface area contributed by atoms with Gasteiger partial charge in [-0.2, -0.15) is 0 Å². The molecule has 0 amide bonds. The molecule has 2 aliphatic rings. The first kappa shape index (κ1) is 9.70. The van der Waals surface area contributed by atoms with Crippen molar-refractivity contribution < 1.29 is 14.6 Å². The van der Waals surface area contributed by atoms with Crippen molar-refractivity contribution in [2.45, 2.75) is 31.1 Å². The summed E-state index contributed by atoms with van der Waals surface area (Å²) in [6.45, 7) is 0.728. The Balaban J connectivity index is 2.09. The molecule has 1 heterocycles. The van der Waals surface area contributed by atoms with E-state index < -0.39 is 5.97 Å². The molecular weight excluding hydrogens is 204 g/mol. The van der Waals surface area contributed by atoms with E-state index in [1.54, 1.807) is 18.2 Å². The van der Waals surface area contributed by atoms with Crippen LogP contribution in [0, 0.1) is 0 Å². The molecule has 0 atom stereocenters. The third-order valence-corrected chi connectivity index (χ3v) is 3.86. The van der Waals surface area contributed by atoms with Gasteiger partial charge in [-0.25, -0.2) is 4.79 Å². The van der Waals surface area contributed by atoms with Gasteiger partial charge < -0.3 is 9.84 Å². The average Bonchev–Trinajstić information content (AvgIpc) is 2.88. The molecule has 1 aliphatic carbocycles. The van der Waals surface area contributed by atoms with Crippen LogP contribution in [0.15, 0.2) is 18.2 Å². The van der Waals surface area contributed by atoms with Gasteiger partial charge in [0.2, 0.25) is 0 Å². The van der Waals surface area contributed by atoms with Crippen LogP contribution >= 0.6 is 0 Å². The van der Waals surface area contributed by atoms with Gasteiger partial charge in [0.05, 0.1) is 12.2 Å². The molecule has 1 aromatic rings. The second kappa shape index (κ2) is 3.24. The highest BCUT2D eigenvalue weighted by molar-refractivity contribution is 5.88. The molecule has 16 heavy (non-hydrogen) atoms. The maximum Gasteiger partial charge on any atom is 0.335 e. The highest BCUT2D eigenvalue weighted by atomic mass is 16.5. The SMILES string of the molecule is O=C(O)c1ccc2c(c1)C1(CCCC1)CO2. The third-order valence-electron chi connectivity index (χ3n) is 3.86. The number of carbonyl (C=O) groups is 1. The number of benzene rings is 1. The smallest absolute Gasteiger partial charge is 0.335 e. The van der Waals surface area contributed by atoms with Crippen LogP contribution in [0.1, 0.15) is 41.6 Å². The molecule has 0 unspecified atom stereocenters. The van der Waals surface area contributed by atoms with Crippen LogP contribution < -0.4 is 4.74 Å². The van der Waals surface area contributed by atoms with Crippen LogP contribution in [0.4, 0.5) is 0 Å². The Bertz CT molecular complexity index is 444. The quantitative estimate of drug-likeness (QED) is 0.788. The van der Waals surface area contributed by atoms with E-state index in [1.165, 1.54) is 12.8 Å². The number of hydrogen-bond acceptors (Lipinski definition) is 2. The molecule has 1 aromatic carbocycles. The molecule has 84 valence electrons. The standard InChI is InChI=1S/C13H14O3/c14-12(15)9-3-4-11-10(7-9)13(8-16-11)5-1-2-6-13/h3-4,7H,1-2,5-6,8H2,(H,14,15). The van der Waals surface area contributed by atoms with Crippen molar-refractivity contribution in [2.24, 2.45) is 0 Å². The van der Waals surface area contributed by atoms with E-state index in [4.69, 9.17) is 9.84 Å². The Kier molecular flexibility index (Phi) is 1.96. The summed E-state index contributed by atoms with van der Waals surface area (Å²) in [5.74, 6) is 0.0229. The summed E-state index contributed by atoms with van der Waals surface area (Å²) in [6.07, 6.45) is 4.70. The largest absolute Gasteiger partial charge is 0.492 e. The highest BCUT2D eigenvalue weighted by Crippen LogP contribution is 2.49. The molecule has 3 rings (SSSR count). The monoisotopic (exact) mass is 218 g/mol. The number of aromatic carboxylic acids is 1. The van der Waals surface area contributed by atoms with Gasteiger partial charge in [-0.15, -0.1) is 0 Å². The fraction of sp³-hybridized carbons (Fsp3) is 0.462. The predicted octanol–water partition coefficient (Wildman–Crippen LogP) is 2.59. The zero-order chi connectivity index (χ0) is 11.2. The van der Waals surface area contributed by atoms with Crippen LogP contribution in [0.3, 0.4) is 0 Å². The molecule has 3 nitrogen and oxygen atoms in total. The Morgan fingerprint density at radius 2 is 2.06 bits per heavy atom. The number of carboxylic acid groups (broad SMARTS) is 1. The van der Waals surface area contributed by atoms with Crippen LogP contribution in [0.5, 0.6) is 5.75 Å². The molecule has 1 saturated carbocycles.